The topological polar surface area (TPSA) is 68.8 Å². The third-order valence-electron chi connectivity index (χ3n) is 3.95. The second-order valence-electron chi connectivity index (χ2n) is 5.42. The van der Waals surface area contributed by atoms with Gasteiger partial charge in [-0.15, -0.1) is 5.10 Å². The summed E-state index contributed by atoms with van der Waals surface area (Å²) >= 11 is 1.26. The van der Waals surface area contributed by atoms with Gasteiger partial charge in [0, 0.05) is 23.5 Å². The molecule has 0 amide bonds. The van der Waals surface area contributed by atoms with E-state index >= 15 is 0 Å². The van der Waals surface area contributed by atoms with Crippen LogP contribution in [0.1, 0.15) is 28.7 Å². The zero-order chi connectivity index (χ0) is 17.3. The number of thioether (sulfide) groups is 1. The maximum Gasteiger partial charge on any atom is 0.274 e. The number of hydrogen-bond acceptors (Lipinski definition) is 6. The molecule has 3 rings (SSSR count). The Balaban J connectivity index is 1.66. The molecule has 0 spiro atoms. The van der Waals surface area contributed by atoms with E-state index in [9.17, 15) is 4.79 Å². The minimum absolute atomic E-state index is 0.0636. The number of nitrogens with one attached hydrogen (secondary N) is 1. The number of aromatic nitrogens is 1. The number of hydrazone groups is 1. The Bertz CT molecular complexity index is 924. The molecule has 1 aliphatic rings. The highest BCUT2D eigenvalue weighted by Gasteiger charge is 2.20. The molecule has 0 fully saturated rings. The number of aryl methyl sites for hydroxylation is 1. The molecule has 0 radical (unpaired) electrons. The Morgan fingerprint density at radius 3 is 2.88 bits per heavy atom. The Hall–Kier alpha value is -2.41. The molecule has 126 valence electrons. The Morgan fingerprint density at radius 1 is 1.46 bits per heavy atom. The van der Waals surface area contributed by atoms with Gasteiger partial charge in [-0.1, -0.05) is 18.3 Å². The van der Waals surface area contributed by atoms with Gasteiger partial charge in [-0.2, -0.15) is 0 Å². The maximum atomic E-state index is 12.5. The van der Waals surface area contributed by atoms with Crippen molar-refractivity contribution in [2.75, 3.05) is 5.75 Å². The molecule has 0 aliphatic carbocycles. The van der Waals surface area contributed by atoms with Gasteiger partial charge in [0.15, 0.2) is 5.78 Å². The normalized spacial score (nSPS) is 15.9. The summed E-state index contributed by atoms with van der Waals surface area (Å²) in [5.74, 6) is 0.798. The van der Waals surface area contributed by atoms with E-state index in [4.69, 9.17) is 9.15 Å². The second-order valence-corrected chi connectivity index (χ2v) is 6.35. The van der Waals surface area contributed by atoms with Crippen molar-refractivity contribution in [3.05, 3.63) is 46.0 Å². The molecule has 0 atom stereocenters. The van der Waals surface area contributed by atoms with Crippen LogP contribution < -0.4 is 16.1 Å². The minimum atomic E-state index is 0.0636. The Morgan fingerprint density at radius 2 is 2.25 bits per heavy atom. The van der Waals surface area contributed by atoms with Gasteiger partial charge in [0.1, 0.15) is 5.42 Å². The zero-order valence-corrected chi connectivity index (χ0v) is 14.7. The standard InChI is InChI=1S/C17H19N3O3S/c1-5-20-10(2)8-14(11(20)3)15(21)9-24-17-19-18-16(23-17)13-6-7-22-12(13)4/h6-8,18H,4-5,9H2,1-3H3. The van der Waals surface area contributed by atoms with E-state index in [1.165, 1.54) is 18.0 Å². The van der Waals surface area contributed by atoms with Crippen molar-refractivity contribution in [2.45, 2.75) is 27.3 Å². The third-order valence-corrected chi connectivity index (χ3v) is 4.77. The molecule has 0 saturated carbocycles. The van der Waals surface area contributed by atoms with E-state index in [1.54, 1.807) is 6.07 Å². The second kappa shape index (κ2) is 6.60. The van der Waals surface area contributed by atoms with E-state index in [0.29, 0.717) is 21.7 Å². The van der Waals surface area contributed by atoms with Crippen molar-refractivity contribution in [3.8, 4) is 0 Å². The maximum absolute atomic E-state index is 12.5. The fourth-order valence-electron chi connectivity index (χ4n) is 2.72. The molecule has 2 aromatic heterocycles. The number of nitrogens with zero attached hydrogens (tertiary/aromatic N) is 2. The molecule has 7 heteroatoms. The number of Topliss-reactive ketones (excluding diaryl/α,β-unsaturated/α-hetero) is 1. The third kappa shape index (κ3) is 2.99. The van der Waals surface area contributed by atoms with Crippen LogP contribution in [0.2, 0.25) is 0 Å². The lowest BCUT2D eigenvalue weighted by Crippen LogP contribution is -2.25. The molecule has 2 aromatic rings. The van der Waals surface area contributed by atoms with Crippen LogP contribution >= 0.6 is 11.8 Å². The number of ether oxygens (including phenoxy) is 1. The highest BCUT2D eigenvalue weighted by Crippen LogP contribution is 2.20. The van der Waals surface area contributed by atoms with Gasteiger partial charge in [-0.3, -0.25) is 4.79 Å². The number of carbonyl (C=O) groups excluding carboxylic acids is 1. The molecular formula is C17H19N3O3S. The van der Waals surface area contributed by atoms with Gasteiger partial charge in [0.2, 0.25) is 5.88 Å². The predicted molar refractivity (Wildman–Crippen MR) is 94.9 cm³/mol. The highest BCUT2D eigenvalue weighted by atomic mass is 32.2. The van der Waals surface area contributed by atoms with Gasteiger partial charge < -0.3 is 13.7 Å². The molecule has 0 saturated heterocycles. The fraction of sp³-hybridized carbons (Fsp3) is 0.294. The van der Waals surface area contributed by atoms with E-state index < -0.39 is 0 Å². The van der Waals surface area contributed by atoms with Crippen molar-refractivity contribution in [1.29, 1.82) is 0 Å². The lowest BCUT2D eigenvalue weighted by Gasteiger charge is -2.05. The molecule has 6 nitrogen and oxygen atoms in total. The first-order valence-electron chi connectivity index (χ1n) is 7.62. The van der Waals surface area contributed by atoms with Crippen molar-refractivity contribution in [2.24, 2.45) is 5.10 Å². The first kappa shape index (κ1) is 16.4. The van der Waals surface area contributed by atoms with Gasteiger partial charge in [-0.25, -0.2) is 5.43 Å². The monoisotopic (exact) mass is 345 g/mol. The number of carbonyl (C=O) groups is 1. The summed E-state index contributed by atoms with van der Waals surface area (Å²) in [4.78, 5) is 12.5. The van der Waals surface area contributed by atoms with Crippen LogP contribution in [0, 0.1) is 13.8 Å². The summed E-state index contributed by atoms with van der Waals surface area (Å²) in [6.45, 7) is 10.7. The number of rotatable bonds is 4. The van der Waals surface area contributed by atoms with Gasteiger partial charge in [0.05, 0.1) is 17.2 Å². The van der Waals surface area contributed by atoms with E-state index in [2.05, 4.69) is 28.6 Å². The SMILES string of the molecule is C=c1occc1=C1NN=C(SCC(=O)c2cc(C)n(CC)c2C)O1. The zero-order valence-electron chi connectivity index (χ0n) is 13.9. The first-order chi connectivity index (χ1) is 11.5. The van der Waals surface area contributed by atoms with Gasteiger partial charge in [0.25, 0.3) is 5.23 Å². The summed E-state index contributed by atoms with van der Waals surface area (Å²) in [5.41, 5.74) is 6.15. The largest absolute Gasteiger partial charge is 0.465 e. The summed E-state index contributed by atoms with van der Waals surface area (Å²) in [7, 11) is 0. The number of ketones is 1. The lowest BCUT2D eigenvalue weighted by atomic mass is 10.2. The predicted octanol–water partition coefficient (Wildman–Crippen LogP) is 1.70. The smallest absolute Gasteiger partial charge is 0.274 e. The lowest BCUT2D eigenvalue weighted by molar-refractivity contribution is 0.102. The summed E-state index contributed by atoms with van der Waals surface area (Å²) in [6.07, 6.45) is 1.54. The van der Waals surface area contributed by atoms with E-state index in [0.717, 1.165) is 23.5 Å². The quantitative estimate of drug-likeness (QED) is 0.854. The molecular weight excluding hydrogens is 326 g/mol. The molecule has 1 N–H and O–H groups in total. The van der Waals surface area contributed by atoms with E-state index in [-0.39, 0.29) is 11.5 Å². The van der Waals surface area contributed by atoms with Gasteiger partial charge in [-0.05, 0) is 32.9 Å². The van der Waals surface area contributed by atoms with Crippen molar-refractivity contribution in [3.63, 3.8) is 0 Å². The molecule has 3 heterocycles. The highest BCUT2D eigenvalue weighted by molar-refractivity contribution is 8.14. The van der Waals surface area contributed by atoms with Crippen molar-refractivity contribution < 1.29 is 13.9 Å². The Kier molecular flexibility index (Phi) is 4.53. The first-order valence-corrected chi connectivity index (χ1v) is 8.60. The van der Waals surface area contributed by atoms with Crippen LogP contribution in [-0.2, 0) is 11.3 Å². The fourth-order valence-corrected chi connectivity index (χ4v) is 3.39. The minimum Gasteiger partial charge on any atom is -0.465 e. The van der Waals surface area contributed by atoms with E-state index in [1.807, 2.05) is 19.9 Å². The van der Waals surface area contributed by atoms with Crippen LogP contribution in [0.5, 0.6) is 0 Å². The van der Waals surface area contributed by atoms with Crippen LogP contribution in [-0.4, -0.2) is 21.3 Å². The molecule has 0 bridgehead atoms. The average Bonchev–Trinajstić information content (AvgIpc) is 3.24. The molecule has 0 aromatic carbocycles. The van der Waals surface area contributed by atoms with Crippen LogP contribution in [0.4, 0.5) is 0 Å². The average molecular weight is 345 g/mol. The molecule has 1 aliphatic heterocycles. The molecule has 24 heavy (non-hydrogen) atoms. The summed E-state index contributed by atoms with van der Waals surface area (Å²) in [5, 5.41) is 5.21. The number of furan rings is 1. The van der Waals surface area contributed by atoms with Crippen molar-refractivity contribution >= 4 is 35.2 Å². The number of hydrogen-bond donors (Lipinski definition) is 1. The Labute approximate surface area is 143 Å². The molecule has 0 unspecified atom stereocenters. The van der Waals surface area contributed by atoms with Gasteiger partial charge >= 0.3 is 0 Å². The van der Waals surface area contributed by atoms with Crippen LogP contribution in [0.3, 0.4) is 0 Å². The summed E-state index contributed by atoms with van der Waals surface area (Å²) < 4.78 is 12.9. The van der Waals surface area contributed by atoms with Crippen LogP contribution in [0.25, 0.3) is 12.5 Å². The van der Waals surface area contributed by atoms with Crippen LogP contribution in [0.15, 0.2) is 27.9 Å². The summed E-state index contributed by atoms with van der Waals surface area (Å²) in [6, 6.07) is 3.69. The van der Waals surface area contributed by atoms with Crippen molar-refractivity contribution in [1.82, 2.24) is 9.99 Å².